The van der Waals surface area contributed by atoms with E-state index in [0.29, 0.717) is 0 Å². The second-order valence-corrected chi connectivity index (χ2v) is 5.33. The van der Waals surface area contributed by atoms with Crippen LogP contribution in [0.1, 0.15) is 43.7 Å². The van der Waals surface area contributed by atoms with Gasteiger partial charge in [-0.25, -0.2) is 0 Å². The Bertz CT molecular complexity index is 371. The molecular weight excluding hydrogens is 208 g/mol. The van der Waals surface area contributed by atoms with Gasteiger partial charge < -0.3 is 4.74 Å². The van der Waals surface area contributed by atoms with Gasteiger partial charge in [0.05, 0.1) is 12.0 Å². The van der Waals surface area contributed by atoms with E-state index in [1.807, 2.05) is 6.07 Å². The van der Waals surface area contributed by atoms with Crippen LogP contribution < -0.4 is 4.74 Å². The van der Waals surface area contributed by atoms with E-state index in [9.17, 15) is 0 Å². The summed E-state index contributed by atoms with van der Waals surface area (Å²) in [4.78, 5) is 0. The Labute approximate surface area is 96.4 Å². The normalized spacial score (nSPS) is 19.5. The molecule has 2 rings (SSSR count). The van der Waals surface area contributed by atoms with Gasteiger partial charge in [0.2, 0.25) is 0 Å². The number of alkyl halides is 1. The zero-order valence-corrected chi connectivity index (χ0v) is 10.3. The zero-order valence-electron chi connectivity index (χ0n) is 9.51. The summed E-state index contributed by atoms with van der Waals surface area (Å²) in [6.07, 6.45) is 0.960. The fourth-order valence-electron chi connectivity index (χ4n) is 1.97. The van der Waals surface area contributed by atoms with Crippen LogP contribution in [0.4, 0.5) is 0 Å². The van der Waals surface area contributed by atoms with Crippen molar-refractivity contribution in [1.29, 1.82) is 0 Å². The third-order valence-electron chi connectivity index (χ3n) is 3.04. The summed E-state index contributed by atoms with van der Waals surface area (Å²) in [6.45, 7) is 7.28. The summed E-state index contributed by atoms with van der Waals surface area (Å²) in [7, 11) is 0. The largest absolute Gasteiger partial charge is 0.492 e. The minimum absolute atomic E-state index is 0.117. The molecule has 1 nitrogen and oxygen atoms in total. The van der Waals surface area contributed by atoms with Crippen LogP contribution in [0.25, 0.3) is 0 Å². The van der Waals surface area contributed by atoms with Gasteiger partial charge in [-0.2, -0.15) is 0 Å². The van der Waals surface area contributed by atoms with E-state index in [2.05, 4.69) is 32.9 Å². The van der Waals surface area contributed by atoms with Gasteiger partial charge in [-0.1, -0.05) is 26.8 Å². The average molecular weight is 225 g/mol. The number of ether oxygens (including phenoxy) is 1. The van der Waals surface area contributed by atoms with Crippen LogP contribution >= 0.6 is 11.6 Å². The first-order valence-electron chi connectivity index (χ1n) is 5.46. The fraction of sp³-hybridized carbons (Fsp3) is 0.538. The van der Waals surface area contributed by atoms with Crippen molar-refractivity contribution in [2.45, 2.75) is 38.0 Å². The number of rotatable bonds is 2. The van der Waals surface area contributed by atoms with E-state index < -0.39 is 0 Å². The molecule has 82 valence electrons. The molecule has 2 heteroatoms. The standard InChI is InChI=1S/C13H17ClO/c1-4-11(14)9-5-6-12-10(7-9)13(2,3)8-15-12/h5-7,11H,4,8H2,1-3H3. The Morgan fingerprint density at radius 2 is 2.20 bits per heavy atom. The highest BCUT2D eigenvalue weighted by atomic mass is 35.5. The molecule has 0 aromatic heterocycles. The van der Waals surface area contributed by atoms with E-state index in [4.69, 9.17) is 16.3 Å². The zero-order chi connectivity index (χ0) is 11.1. The molecule has 0 radical (unpaired) electrons. The predicted molar refractivity (Wildman–Crippen MR) is 63.8 cm³/mol. The molecule has 0 fully saturated rings. The average Bonchev–Trinajstić information content (AvgIpc) is 2.53. The van der Waals surface area contributed by atoms with Crippen LogP contribution in [0, 0.1) is 0 Å². The van der Waals surface area contributed by atoms with Gasteiger partial charge in [0, 0.05) is 11.0 Å². The third kappa shape index (κ3) is 1.85. The van der Waals surface area contributed by atoms with Crippen LogP contribution in [0.15, 0.2) is 18.2 Å². The van der Waals surface area contributed by atoms with Gasteiger partial charge in [0.15, 0.2) is 0 Å². The van der Waals surface area contributed by atoms with Gasteiger partial charge in [-0.15, -0.1) is 11.6 Å². The highest BCUT2D eigenvalue weighted by Gasteiger charge is 2.32. The first-order valence-corrected chi connectivity index (χ1v) is 5.89. The molecule has 1 aliphatic rings. The van der Waals surface area contributed by atoms with Gasteiger partial charge >= 0.3 is 0 Å². The molecule has 1 unspecified atom stereocenters. The van der Waals surface area contributed by atoms with Crippen LogP contribution in [0.5, 0.6) is 5.75 Å². The maximum absolute atomic E-state index is 6.24. The lowest BCUT2D eigenvalue weighted by atomic mass is 9.86. The number of fused-ring (bicyclic) bond motifs is 1. The smallest absolute Gasteiger partial charge is 0.123 e. The summed E-state index contributed by atoms with van der Waals surface area (Å²) >= 11 is 6.24. The Morgan fingerprint density at radius 1 is 1.47 bits per heavy atom. The maximum atomic E-state index is 6.24. The summed E-state index contributed by atoms with van der Waals surface area (Å²) in [5, 5.41) is 0.117. The molecule has 0 saturated heterocycles. The molecule has 1 heterocycles. The second-order valence-electron chi connectivity index (χ2n) is 4.80. The molecule has 1 aliphatic heterocycles. The van der Waals surface area contributed by atoms with Crippen molar-refractivity contribution in [3.63, 3.8) is 0 Å². The number of hydrogen-bond donors (Lipinski definition) is 0. The Balaban J connectivity index is 2.41. The van der Waals surface area contributed by atoms with Crippen molar-refractivity contribution < 1.29 is 4.74 Å². The van der Waals surface area contributed by atoms with Crippen molar-refractivity contribution >= 4 is 11.6 Å². The lowest BCUT2D eigenvalue weighted by Crippen LogP contribution is -2.18. The lowest BCUT2D eigenvalue weighted by Gasteiger charge is -2.16. The van der Waals surface area contributed by atoms with E-state index in [-0.39, 0.29) is 10.8 Å². The Hall–Kier alpha value is -0.690. The molecule has 0 aliphatic carbocycles. The fourth-order valence-corrected chi connectivity index (χ4v) is 2.10. The topological polar surface area (TPSA) is 9.23 Å². The summed E-state index contributed by atoms with van der Waals surface area (Å²) in [5.41, 5.74) is 2.62. The molecule has 0 amide bonds. The molecule has 0 spiro atoms. The minimum Gasteiger partial charge on any atom is -0.492 e. The Kier molecular flexibility index (Phi) is 2.68. The number of hydrogen-bond acceptors (Lipinski definition) is 1. The van der Waals surface area contributed by atoms with E-state index in [1.165, 1.54) is 11.1 Å². The third-order valence-corrected chi connectivity index (χ3v) is 3.60. The Morgan fingerprint density at radius 3 is 2.87 bits per heavy atom. The van der Waals surface area contributed by atoms with Crippen molar-refractivity contribution in [3.05, 3.63) is 29.3 Å². The second kappa shape index (κ2) is 3.71. The predicted octanol–water partition coefficient (Wildman–Crippen LogP) is 4.05. The quantitative estimate of drug-likeness (QED) is 0.689. The minimum atomic E-state index is 0.117. The first-order chi connectivity index (χ1) is 7.04. The molecular formula is C13H17ClO. The van der Waals surface area contributed by atoms with Crippen LogP contribution in [-0.2, 0) is 5.41 Å². The molecule has 0 N–H and O–H groups in total. The molecule has 0 bridgehead atoms. The summed E-state index contributed by atoms with van der Waals surface area (Å²) < 4.78 is 5.64. The van der Waals surface area contributed by atoms with E-state index in [0.717, 1.165) is 18.8 Å². The van der Waals surface area contributed by atoms with Crippen molar-refractivity contribution in [3.8, 4) is 5.75 Å². The number of halogens is 1. The van der Waals surface area contributed by atoms with Crippen molar-refractivity contribution in [2.75, 3.05) is 6.61 Å². The SMILES string of the molecule is CCC(Cl)c1ccc2c(c1)C(C)(C)CO2. The van der Waals surface area contributed by atoms with Gasteiger partial charge in [-0.05, 0) is 24.1 Å². The molecule has 1 atom stereocenters. The van der Waals surface area contributed by atoms with E-state index >= 15 is 0 Å². The van der Waals surface area contributed by atoms with Gasteiger partial charge in [0.25, 0.3) is 0 Å². The summed E-state index contributed by atoms with van der Waals surface area (Å²) in [5.74, 6) is 1.02. The lowest BCUT2D eigenvalue weighted by molar-refractivity contribution is 0.291. The van der Waals surface area contributed by atoms with Crippen molar-refractivity contribution in [1.82, 2.24) is 0 Å². The van der Waals surface area contributed by atoms with Crippen LogP contribution in [-0.4, -0.2) is 6.61 Å². The molecule has 1 aromatic rings. The van der Waals surface area contributed by atoms with Crippen LogP contribution in [0.3, 0.4) is 0 Å². The highest BCUT2D eigenvalue weighted by molar-refractivity contribution is 6.20. The van der Waals surface area contributed by atoms with Crippen molar-refractivity contribution in [2.24, 2.45) is 0 Å². The highest BCUT2D eigenvalue weighted by Crippen LogP contribution is 2.40. The summed E-state index contributed by atoms with van der Waals surface area (Å²) in [6, 6.07) is 6.31. The van der Waals surface area contributed by atoms with Gasteiger partial charge in [-0.3, -0.25) is 0 Å². The molecule has 15 heavy (non-hydrogen) atoms. The van der Waals surface area contributed by atoms with Crippen LogP contribution in [0.2, 0.25) is 0 Å². The van der Waals surface area contributed by atoms with E-state index in [1.54, 1.807) is 0 Å². The first kappa shape index (κ1) is 10.8. The molecule has 0 saturated carbocycles. The molecule has 1 aromatic carbocycles. The van der Waals surface area contributed by atoms with Gasteiger partial charge in [0.1, 0.15) is 5.75 Å². The monoisotopic (exact) mass is 224 g/mol. The number of benzene rings is 1. The maximum Gasteiger partial charge on any atom is 0.123 e.